The van der Waals surface area contributed by atoms with E-state index in [1.54, 1.807) is 0 Å². The van der Waals surface area contributed by atoms with E-state index in [9.17, 15) is 0 Å². The Balaban J connectivity index is 2.00. The molecule has 2 rings (SSSR count). The second-order valence-corrected chi connectivity index (χ2v) is 3.54. The number of aromatic nitrogens is 1. The Morgan fingerprint density at radius 1 is 1.33 bits per heavy atom. The van der Waals surface area contributed by atoms with Crippen molar-refractivity contribution < 1.29 is 0 Å². The van der Waals surface area contributed by atoms with Crippen molar-refractivity contribution in [2.45, 2.75) is 19.8 Å². The third-order valence-corrected chi connectivity index (χ3v) is 2.76. The minimum absolute atomic E-state index is 0.910. The Morgan fingerprint density at radius 2 is 2.08 bits per heavy atom. The van der Waals surface area contributed by atoms with Crippen LogP contribution in [0.4, 0.5) is 0 Å². The molecular weight excluding hydrogens is 148 g/mol. The van der Waals surface area contributed by atoms with Gasteiger partial charge in [0.05, 0.1) is 0 Å². The predicted molar refractivity (Wildman–Crippen MR) is 50.8 cm³/mol. The molecule has 2 nitrogen and oxygen atoms in total. The summed E-state index contributed by atoms with van der Waals surface area (Å²) in [5, 5.41) is 2.41. The summed E-state index contributed by atoms with van der Waals surface area (Å²) in [7, 11) is 0. The first kappa shape index (κ1) is 7.71. The summed E-state index contributed by atoms with van der Waals surface area (Å²) in [6.07, 6.45) is 6.92. The number of hydrogen-bond donors (Lipinski definition) is 0. The summed E-state index contributed by atoms with van der Waals surface area (Å²) in [4.78, 5) is 0. The Hall–Kier alpha value is -0.920. The molecule has 1 aromatic rings. The van der Waals surface area contributed by atoms with E-state index in [0.717, 1.165) is 5.92 Å². The van der Waals surface area contributed by atoms with Gasteiger partial charge in [-0.2, -0.15) is 0 Å². The molecule has 1 fully saturated rings. The molecule has 0 radical (unpaired) electrons. The van der Waals surface area contributed by atoms with Crippen molar-refractivity contribution in [3.8, 4) is 0 Å². The van der Waals surface area contributed by atoms with Crippen molar-refractivity contribution in [1.29, 1.82) is 0 Å². The minimum atomic E-state index is 0.910. The normalized spacial score (nSPS) is 23.4. The van der Waals surface area contributed by atoms with Crippen molar-refractivity contribution in [3.05, 3.63) is 24.5 Å². The fourth-order valence-corrected chi connectivity index (χ4v) is 1.87. The smallest absolute Gasteiger partial charge is 0.0373 e. The van der Waals surface area contributed by atoms with Crippen molar-refractivity contribution in [3.63, 3.8) is 0 Å². The lowest BCUT2D eigenvalue weighted by Gasteiger charge is -2.19. The number of nitrogens with zero attached hydrogens (tertiary/aromatic N) is 2. The molecule has 1 aliphatic heterocycles. The van der Waals surface area contributed by atoms with Crippen LogP contribution in [0.25, 0.3) is 0 Å². The fourth-order valence-electron chi connectivity index (χ4n) is 1.87. The van der Waals surface area contributed by atoms with E-state index in [-0.39, 0.29) is 0 Å². The average molecular weight is 164 g/mol. The van der Waals surface area contributed by atoms with Gasteiger partial charge < -0.3 is 5.01 Å². The zero-order valence-corrected chi connectivity index (χ0v) is 7.61. The van der Waals surface area contributed by atoms with Gasteiger partial charge in [-0.25, -0.2) is 0 Å². The van der Waals surface area contributed by atoms with E-state index in [1.165, 1.54) is 25.9 Å². The fraction of sp³-hybridized carbons (Fsp3) is 0.600. The van der Waals surface area contributed by atoms with Crippen LogP contribution in [-0.4, -0.2) is 17.8 Å². The topological polar surface area (TPSA) is 8.17 Å². The highest BCUT2D eigenvalue weighted by atomic mass is 15.5. The zero-order chi connectivity index (χ0) is 8.39. The quantitative estimate of drug-likeness (QED) is 0.647. The van der Waals surface area contributed by atoms with Gasteiger partial charge in [-0.3, -0.25) is 4.68 Å². The molecule has 1 unspecified atom stereocenters. The maximum atomic E-state index is 2.41. The van der Waals surface area contributed by atoms with E-state index < -0.39 is 0 Å². The zero-order valence-electron chi connectivity index (χ0n) is 7.61. The van der Waals surface area contributed by atoms with Crippen molar-refractivity contribution >= 4 is 0 Å². The lowest BCUT2D eigenvalue weighted by atomic mass is 10.1. The van der Waals surface area contributed by atoms with Gasteiger partial charge in [0.1, 0.15) is 0 Å². The first-order chi connectivity index (χ1) is 5.90. The molecule has 0 N–H and O–H groups in total. The van der Waals surface area contributed by atoms with Crippen molar-refractivity contribution in [2.24, 2.45) is 5.92 Å². The highest BCUT2D eigenvalue weighted by molar-refractivity contribution is 5.01. The predicted octanol–water partition coefficient (Wildman–Crippen LogP) is 1.86. The summed E-state index contributed by atoms with van der Waals surface area (Å²) in [6.45, 7) is 4.72. The summed E-state index contributed by atoms with van der Waals surface area (Å²) < 4.78 is 2.20. The number of rotatable bonds is 2. The second kappa shape index (κ2) is 3.21. The molecule has 0 bridgehead atoms. The first-order valence-electron chi connectivity index (χ1n) is 4.78. The van der Waals surface area contributed by atoms with Crippen LogP contribution in [0.1, 0.15) is 19.8 Å². The van der Waals surface area contributed by atoms with Gasteiger partial charge in [-0.15, -0.1) is 0 Å². The molecule has 1 aromatic heterocycles. The van der Waals surface area contributed by atoms with Crippen LogP contribution in [0.15, 0.2) is 24.5 Å². The molecule has 0 aliphatic carbocycles. The van der Waals surface area contributed by atoms with Crippen LogP contribution in [-0.2, 0) is 0 Å². The molecule has 1 saturated heterocycles. The van der Waals surface area contributed by atoms with E-state index in [0.29, 0.717) is 0 Å². The maximum Gasteiger partial charge on any atom is 0.0373 e. The summed E-state index contributed by atoms with van der Waals surface area (Å²) in [5.41, 5.74) is 0. The Labute approximate surface area is 73.8 Å². The summed E-state index contributed by atoms with van der Waals surface area (Å²) in [6, 6.07) is 4.17. The van der Waals surface area contributed by atoms with Crippen LogP contribution >= 0.6 is 0 Å². The third kappa shape index (κ3) is 1.33. The monoisotopic (exact) mass is 164 g/mol. The van der Waals surface area contributed by atoms with Gasteiger partial charge in [0.15, 0.2) is 0 Å². The molecule has 2 heterocycles. The number of hydrogen-bond acceptors (Lipinski definition) is 1. The lowest BCUT2D eigenvalue weighted by Crippen LogP contribution is -2.30. The largest absolute Gasteiger partial charge is 0.313 e. The molecule has 1 aliphatic rings. The van der Waals surface area contributed by atoms with Gasteiger partial charge in [0.25, 0.3) is 0 Å². The van der Waals surface area contributed by atoms with Gasteiger partial charge in [0, 0.05) is 25.5 Å². The SMILES string of the molecule is CCC1CCN(n2cccc2)C1. The highest BCUT2D eigenvalue weighted by Crippen LogP contribution is 2.17. The van der Waals surface area contributed by atoms with Crippen LogP contribution in [0.5, 0.6) is 0 Å². The Morgan fingerprint density at radius 3 is 2.67 bits per heavy atom. The summed E-state index contributed by atoms with van der Waals surface area (Å²) >= 11 is 0. The van der Waals surface area contributed by atoms with Gasteiger partial charge in [-0.05, 0) is 24.5 Å². The highest BCUT2D eigenvalue weighted by Gasteiger charge is 2.20. The first-order valence-corrected chi connectivity index (χ1v) is 4.78. The molecular formula is C10H16N2. The van der Waals surface area contributed by atoms with Crippen molar-refractivity contribution in [2.75, 3.05) is 18.1 Å². The van der Waals surface area contributed by atoms with Crippen LogP contribution in [0, 0.1) is 5.92 Å². The molecule has 2 heteroatoms. The van der Waals surface area contributed by atoms with E-state index in [1.807, 2.05) is 0 Å². The van der Waals surface area contributed by atoms with Crippen LogP contribution < -0.4 is 5.01 Å². The molecule has 0 spiro atoms. The summed E-state index contributed by atoms with van der Waals surface area (Å²) in [5.74, 6) is 0.910. The third-order valence-electron chi connectivity index (χ3n) is 2.76. The standard InChI is InChI=1S/C10H16N2/c1-2-10-5-8-12(9-10)11-6-3-4-7-11/h3-4,6-7,10H,2,5,8-9H2,1H3. The molecule has 0 aromatic carbocycles. The second-order valence-electron chi connectivity index (χ2n) is 3.54. The molecule has 0 amide bonds. The maximum absolute atomic E-state index is 2.41. The van der Waals surface area contributed by atoms with Crippen LogP contribution in [0.3, 0.4) is 0 Å². The van der Waals surface area contributed by atoms with E-state index >= 15 is 0 Å². The van der Waals surface area contributed by atoms with Gasteiger partial charge >= 0.3 is 0 Å². The molecule has 66 valence electrons. The van der Waals surface area contributed by atoms with Crippen LogP contribution in [0.2, 0.25) is 0 Å². The lowest BCUT2D eigenvalue weighted by molar-refractivity contribution is 0.552. The molecule has 1 atom stereocenters. The van der Waals surface area contributed by atoms with Gasteiger partial charge in [0.2, 0.25) is 0 Å². The average Bonchev–Trinajstić information content (AvgIpc) is 2.75. The Kier molecular flexibility index (Phi) is 2.07. The van der Waals surface area contributed by atoms with Crippen molar-refractivity contribution in [1.82, 2.24) is 4.68 Å². The molecule has 12 heavy (non-hydrogen) atoms. The Bertz CT molecular complexity index is 228. The van der Waals surface area contributed by atoms with E-state index in [2.05, 4.69) is 41.1 Å². The minimum Gasteiger partial charge on any atom is -0.313 e. The van der Waals surface area contributed by atoms with E-state index in [4.69, 9.17) is 0 Å². The molecule has 0 saturated carbocycles. The van der Waals surface area contributed by atoms with Gasteiger partial charge in [-0.1, -0.05) is 13.3 Å².